The highest BCUT2D eigenvalue weighted by Crippen LogP contribution is 2.16. The molecule has 0 radical (unpaired) electrons. The molecule has 7 heteroatoms. The summed E-state index contributed by atoms with van der Waals surface area (Å²) in [4.78, 5) is 0. The van der Waals surface area contributed by atoms with Crippen molar-refractivity contribution in [2.75, 3.05) is 12.4 Å². The Hall–Kier alpha value is -1.65. The van der Waals surface area contributed by atoms with E-state index in [2.05, 4.69) is 0 Å². The topological polar surface area (TPSA) is 93.2 Å². The van der Waals surface area contributed by atoms with Crippen LogP contribution in [0.15, 0.2) is 18.2 Å². The van der Waals surface area contributed by atoms with E-state index in [4.69, 9.17) is 15.1 Å². The largest absolute Gasteiger partial charge is 0.493 e. The maximum absolute atomic E-state index is 13.2. The molecule has 0 aliphatic heterocycles. The lowest BCUT2D eigenvalue weighted by atomic mass is 10.2. The molecule has 0 spiro atoms. The number of hydrogen-bond acceptors (Lipinski definition) is 4. The number of nitrogens with two attached hydrogens (primary N) is 1. The number of unbranched alkanes of at least 4 members (excludes halogenated alkanes) is 2. The van der Waals surface area contributed by atoms with Gasteiger partial charge in [-0.15, -0.1) is 0 Å². The molecule has 0 unspecified atom stereocenters. The average Bonchev–Trinajstić information content (AvgIpc) is 2.32. The van der Waals surface area contributed by atoms with E-state index in [1.807, 2.05) is 0 Å². The number of sulfonamides is 1. The molecule has 0 aliphatic rings. The van der Waals surface area contributed by atoms with Crippen LogP contribution in [0.4, 0.5) is 4.39 Å². The van der Waals surface area contributed by atoms with Crippen molar-refractivity contribution in [2.45, 2.75) is 19.3 Å². The van der Waals surface area contributed by atoms with E-state index in [9.17, 15) is 12.8 Å². The van der Waals surface area contributed by atoms with Crippen molar-refractivity contribution in [1.82, 2.24) is 0 Å². The predicted octanol–water partition coefficient (Wildman–Crippen LogP) is 1.53. The van der Waals surface area contributed by atoms with E-state index < -0.39 is 15.8 Å². The molecule has 2 N–H and O–H groups in total. The summed E-state index contributed by atoms with van der Waals surface area (Å²) in [6, 6.07) is 5.75. The number of nitriles is 1. The first-order chi connectivity index (χ1) is 8.92. The second-order valence-corrected chi connectivity index (χ2v) is 5.76. The van der Waals surface area contributed by atoms with E-state index in [0.29, 0.717) is 31.6 Å². The lowest BCUT2D eigenvalue weighted by molar-refractivity contribution is 0.305. The van der Waals surface area contributed by atoms with Gasteiger partial charge in [0.05, 0.1) is 17.9 Å². The number of halogens is 1. The highest BCUT2D eigenvalue weighted by atomic mass is 32.2. The van der Waals surface area contributed by atoms with Gasteiger partial charge in [0.1, 0.15) is 17.6 Å². The summed E-state index contributed by atoms with van der Waals surface area (Å²) in [5.41, 5.74) is -0.0273. The summed E-state index contributed by atoms with van der Waals surface area (Å²) in [7, 11) is -3.40. The van der Waals surface area contributed by atoms with E-state index in [1.165, 1.54) is 12.1 Å². The minimum atomic E-state index is -3.40. The van der Waals surface area contributed by atoms with Gasteiger partial charge in [0.2, 0.25) is 10.0 Å². The summed E-state index contributed by atoms with van der Waals surface area (Å²) in [6.45, 7) is 0.357. The first-order valence-corrected chi connectivity index (χ1v) is 7.47. The first kappa shape index (κ1) is 15.4. The molecule has 0 bridgehead atoms. The Kier molecular flexibility index (Phi) is 5.73. The molecule has 104 valence electrons. The molecule has 0 saturated heterocycles. The molecule has 0 aliphatic carbocycles. The Bertz CT molecular complexity index is 567. The van der Waals surface area contributed by atoms with Gasteiger partial charge in [-0.2, -0.15) is 5.26 Å². The molecule has 1 aromatic carbocycles. The van der Waals surface area contributed by atoms with Crippen molar-refractivity contribution in [1.29, 1.82) is 5.26 Å². The van der Waals surface area contributed by atoms with Gasteiger partial charge in [-0.25, -0.2) is 17.9 Å². The summed E-state index contributed by atoms with van der Waals surface area (Å²) < 4.78 is 39.8. The van der Waals surface area contributed by atoms with Crippen molar-refractivity contribution in [3.05, 3.63) is 29.6 Å². The summed E-state index contributed by atoms with van der Waals surface area (Å²) >= 11 is 0. The van der Waals surface area contributed by atoms with Gasteiger partial charge in [0, 0.05) is 6.07 Å². The van der Waals surface area contributed by atoms with Crippen LogP contribution in [0.2, 0.25) is 0 Å². The Labute approximate surface area is 111 Å². The summed E-state index contributed by atoms with van der Waals surface area (Å²) in [5.74, 6) is -0.310. The lowest BCUT2D eigenvalue weighted by Gasteiger charge is -2.06. The van der Waals surface area contributed by atoms with Crippen molar-refractivity contribution in [2.24, 2.45) is 5.14 Å². The fraction of sp³-hybridized carbons (Fsp3) is 0.417. The molecule has 1 aromatic rings. The third-order valence-corrected chi connectivity index (χ3v) is 3.26. The van der Waals surface area contributed by atoms with Crippen LogP contribution in [0.25, 0.3) is 0 Å². The van der Waals surface area contributed by atoms with Gasteiger partial charge in [0.15, 0.2) is 0 Å². The number of hydrogen-bond donors (Lipinski definition) is 1. The van der Waals surface area contributed by atoms with E-state index in [0.717, 1.165) is 6.07 Å². The zero-order valence-corrected chi connectivity index (χ0v) is 11.1. The molecule has 5 nitrogen and oxygen atoms in total. The highest BCUT2D eigenvalue weighted by Gasteiger charge is 2.04. The molecule has 1 rings (SSSR count). The second-order valence-electron chi connectivity index (χ2n) is 4.03. The van der Waals surface area contributed by atoms with Crippen molar-refractivity contribution >= 4 is 10.0 Å². The Balaban J connectivity index is 2.27. The van der Waals surface area contributed by atoms with Gasteiger partial charge in [-0.05, 0) is 31.4 Å². The van der Waals surface area contributed by atoms with E-state index >= 15 is 0 Å². The smallest absolute Gasteiger partial charge is 0.209 e. The SMILES string of the molecule is N#Cc1ccc(OCCCCCS(N)(=O)=O)cc1F. The Morgan fingerprint density at radius 1 is 1.32 bits per heavy atom. The average molecular weight is 286 g/mol. The molecular weight excluding hydrogens is 271 g/mol. The van der Waals surface area contributed by atoms with Crippen LogP contribution < -0.4 is 9.88 Å². The first-order valence-electron chi connectivity index (χ1n) is 5.75. The predicted molar refractivity (Wildman–Crippen MR) is 68.4 cm³/mol. The molecule has 0 aromatic heterocycles. The van der Waals surface area contributed by atoms with Gasteiger partial charge >= 0.3 is 0 Å². The van der Waals surface area contributed by atoms with Crippen molar-refractivity contribution in [3.8, 4) is 11.8 Å². The maximum atomic E-state index is 13.2. The quantitative estimate of drug-likeness (QED) is 0.769. The Morgan fingerprint density at radius 3 is 2.63 bits per heavy atom. The number of primary sulfonamides is 1. The van der Waals surface area contributed by atoms with Gasteiger partial charge in [-0.3, -0.25) is 0 Å². The second kappa shape index (κ2) is 7.07. The number of nitrogens with zero attached hydrogens (tertiary/aromatic N) is 1. The Morgan fingerprint density at radius 2 is 2.05 bits per heavy atom. The molecule has 0 saturated carbocycles. The van der Waals surface area contributed by atoms with Crippen LogP contribution in [0.1, 0.15) is 24.8 Å². The minimum Gasteiger partial charge on any atom is -0.493 e. The molecule has 19 heavy (non-hydrogen) atoms. The fourth-order valence-electron chi connectivity index (χ4n) is 1.45. The molecule has 0 atom stereocenters. The van der Waals surface area contributed by atoms with Crippen molar-refractivity contribution in [3.63, 3.8) is 0 Å². The highest BCUT2D eigenvalue weighted by molar-refractivity contribution is 7.89. The van der Waals surface area contributed by atoms with Crippen LogP contribution in [-0.2, 0) is 10.0 Å². The maximum Gasteiger partial charge on any atom is 0.209 e. The summed E-state index contributed by atoms with van der Waals surface area (Å²) in [6.07, 6.45) is 1.79. The van der Waals surface area contributed by atoms with Gasteiger partial charge < -0.3 is 4.74 Å². The summed E-state index contributed by atoms with van der Waals surface area (Å²) in [5, 5.41) is 13.4. The van der Waals surface area contributed by atoms with Crippen LogP contribution >= 0.6 is 0 Å². The van der Waals surface area contributed by atoms with Crippen molar-refractivity contribution < 1.29 is 17.5 Å². The van der Waals surface area contributed by atoms with Crippen LogP contribution in [0.5, 0.6) is 5.75 Å². The van der Waals surface area contributed by atoms with E-state index in [-0.39, 0.29) is 11.3 Å². The molecule has 0 fully saturated rings. The fourth-order valence-corrected chi connectivity index (χ4v) is 2.05. The molecule has 0 amide bonds. The van der Waals surface area contributed by atoms with Crippen LogP contribution in [0.3, 0.4) is 0 Å². The number of rotatable bonds is 7. The number of benzene rings is 1. The lowest BCUT2D eigenvalue weighted by Crippen LogP contribution is -2.16. The van der Waals surface area contributed by atoms with Gasteiger partial charge in [-0.1, -0.05) is 0 Å². The molecule has 0 heterocycles. The van der Waals surface area contributed by atoms with Crippen LogP contribution in [0, 0.1) is 17.1 Å². The van der Waals surface area contributed by atoms with Crippen LogP contribution in [-0.4, -0.2) is 20.8 Å². The third kappa shape index (κ3) is 6.18. The minimum absolute atomic E-state index is 0.0273. The zero-order chi connectivity index (χ0) is 14.3. The normalized spacial score (nSPS) is 11.0. The molecular formula is C12H15FN2O3S. The van der Waals surface area contributed by atoms with Gasteiger partial charge in [0.25, 0.3) is 0 Å². The van der Waals surface area contributed by atoms with E-state index in [1.54, 1.807) is 6.07 Å². The third-order valence-electron chi connectivity index (χ3n) is 2.40. The monoisotopic (exact) mass is 286 g/mol. The number of ether oxygens (including phenoxy) is 1. The standard InChI is InChI=1S/C12H15FN2O3S/c13-12-8-11(5-4-10(12)9-14)18-6-2-1-3-7-19(15,16)17/h4-5,8H,1-3,6-7H2,(H2,15,16,17). The zero-order valence-electron chi connectivity index (χ0n) is 10.3.